The van der Waals surface area contributed by atoms with E-state index in [9.17, 15) is 0 Å². The highest BCUT2D eigenvalue weighted by atomic mass is 16.5. The molecule has 3 heteroatoms. The highest BCUT2D eigenvalue weighted by Gasteiger charge is 2.20. The second kappa shape index (κ2) is 4.93. The van der Waals surface area contributed by atoms with Gasteiger partial charge >= 0.3 is 0 Å². The van der Waals surface area contributed by atoms with Crippen LogP contribution in [0.4, 0.5) is 0 Å². The van der Waals surface area contributed by atoms with E-state index in [2.05, 4.69) is 41.2 Å². The first-order valence-electron chi connectivity index (χ1n) is 7.22. The summed E-state index contributed by atoms with van der Waals surface area (Å²) >= 11 is 0. The van der Waals surface area contributed by atoms with E-state index < -0.39 is 0 Å². The molecule has 0 spiro atoms. The zero-order valence-corrected chi connectivity index (χ0v) is 11.9. The molecule has 0 fully saturated rings. The molecule has 0 bridgehead atoms. The summed E-state index contributed by atoms with van der Waals surface area (Å²) in [6, 6.07) is 10.4. The van der Waals surface area contributed by atoms with E-state index in [1.54, 1.807) is 0 Å². The number of pyridine rings is 2. The van der Waals surface area contributed by atoms with E-state index in [1.807, 2.05) is 24.7 Å². The Morgan fingerprint density at radius 3 is 3.10 bits per heavy atom. The van der Waals surface area contributed by atoms with Crippen LogP contribution in [0.3, 0.4) is 0 Å². The van der Waals surface area contributed by atoms with Crippen molar-refractivity contribution in [1.82, 2.24) is 9.97 Å². The highest BCUT2D eigenvalue weighted by Crippen LogP contribution is 2.34. The molecule has 2 aromatic heterocycles. The standard InChI is InChI=1S/C18H16N2O/c1-12-10-21-11-17-15(12)8-19-9-16(17)13-4-5-18-14(7-13)3-2-6-20-18/h2-9,12H,10-11H2,1H3. The van der Waals surface area contributed by atoms with Crippen molar-refractivity contribution < 1.29 is 4.74 Å². The lowest BCUT2D eigenvalue weighted by atomic mass is 9.90. The molecule has 0 saturated heterocycles. The quantitative estimate of drug-likeness (QED) is 0.675. The van der Waals surface area contributed by atoms with Gasteiger partial charge in [-0.1, -0.05) is 19.1 Å². The minimum absolute atomic E-state index is 0.406. The number of nitrogens with zero attached hydrogens (tertiary/aromatic N) is 2. The molecule has 1 unspecified atom stereocenters. The summed E-state index contributed by atoms with van der Waals surface area (Å²) in [6.07, 6.45) is 5.75. The van der Waals surface area contributed by atoms with Gasteiger partial charge in [0.15, 0.2) is 0 Å². The van der Waals surface area contributed by atoms with Crippen LogP contribution in [0.2, 0.25) is 0 Å². The molecule has 3 aromatic rings. The number of ether oxygens (including phenoxy) is 1. The fraction of sp³-hybridized carbons (Fsp3) is 0.222. The Morgan fingerprint density at radius 1 is 1.19 bits per heavy atom. The molecule has 1 atom stereocenters. The zero-order chi connectivity index (χ0) is 14.2. The molecule has 0 amide bonds. The number of aromatic nitrogens is 2. The van der Waals surface area contributed by atoms with E-state index in [-0.39, 0.29) is 0 Å². The van der Waals surface area contributed by atoms with Crippen molar-refractivity contribution in [1.29, 1.82) is 0 Å². The predicted molar refractivity (Wildman–Crippen MR) is 83.0 cm³/mol. The Balaban J connectivity index is 1.90. The lowest BCUT2D eigenvalue weighted by Gasteiger charge is -2.24. The molecule has 3 nitrogen and oxygen atoms in total. The van der Waals surface area contributed by atoms with E-state index in [0.29, 0.717) is 12.5 Å². The number of rotatable bonds is 1. The topological polar surface area (TPSA) is 35.0 Å². The van der Waals surface area contributed by atoms with E-state index in [1.165, 1.54) is 22.3 Å². The molecule has 0 radical (unpaired) electrons. The summed E-state index contributed by atoms with van der Waals surface area (Å²) in [7, 11) is 0. The molecule has 0 saturated carbocycles. The van der Waals surface area contributed by atoms with Crippen molar-refractivity contribution in [2.75, 3.05) is 6.61 Å². The van der Waals surface area contributed by atoms with Crippen LogP contribution < -0.4 is 0 Å². The third kappa shape index (κ3) is 2.10. The summed E-state index contributed by atoms with van der Waals surface area (Å²) in [5, 5.41) is 1.15. The van der Waals surface area contributed by atoms with Crippen molar-refractivity contribution >= 4 is 10.9 Å². The summed E-state index contributed by atoms with van der Waals surface area (Å²) < 4.78 is 5.72. The van der Waals surface area contributed by atoms with Crippen LogP contribution in [0.1, 0.15) is 24.0 Å². The van der Waals surface area contributed by atoms with Gasteiger partial charge in [0, 0.05) is 35.5 Å². The van der Waals surface area contributed by atoms with Gasteiger partial charge in [-0.15, -0.1) is 0 Å². The second-order valence-corrected chi connectivity index (χ2v) is 5.58. The van der Waals surface area contributed by atoms with Gasteiger partial charge < -0.3 is 4.74 Å². The first kappa shape index (κ1) is 12.5. The van der Waals surface area contributed by atoms with Crippen molar-refractivity contribution in [3.63, 3.8) is 0 Å². The molecule has 1 aromatic carbocycles. The predicted octanol–water partition coefficient (Wildman–Crippen LogP) is 3.93. The maximum Gasteiger partial charge on any atom is 0.0727 e. The molecular formula is C18H16N2O. The van der Waals surface area contributed by atoms with Gasteiger partial charge in [-0.25, -0.2) is 0 Å². The minimum Gasteiger partial charge on any atom is -0.376 e. The SMILES string of the molecule is CC1COCc2c(-c3ccc4ncccc4c3)cncc21. The smallest absolute Gasteiger partial charge is 0.0727 e. The van der Waals surface area contributed by atoms with Crippen LogP contribution in [-0.4, -0.2) is 16.6 Å². The normalized spacial score (nSPS) is 17.7. The lowest BCUT2D eigenvalue weighted by molar-refractivity contribution is 0.0953. The summed E-state index contributed by atoms with van der Waals surface area (Å²) in [6.45, 7) is 3.64. The summed E-state index contributed by atoms with van der Waals surface area (Å²) in [5.41, 5.74) is 5.95. The van der Waals surface area contributed by atoms with Gasteiger partial charge in [0.2, 0.25) is 0 Å². The second-order valence-electron chi connectivity index (χ2n) is 5.58. The van der Waals surface area contributed by atoms with E-state index >= 15 is 0 Å². The Hall–Kier alpha value is -2.26. The molecule has 3 heterocycles. The summed E-state index contributed by atoms with van der Waals surface area (Å²) in [4.78, 5) is 8.81. The molecule has 0 N–H and O–H groups in total. The van der Waals surface area contributed by atoms with Gasteiger partial charge in [0.1, 0.15) is 0 Å². The monoisotopic (exact) mass is 276 g/mol. The average Bonchev–Trinajstić information content (AvgIpc) is 2.54. The molecule has 104 valence electrons. The Labute approximate surface area is 123 Å². The van der Waals surface area contributed by atoms with Crippen LogP contribution in [0, 0.1) is 0 Å². The van der Waals surface area contributed by atoms with Crippen molar-refractivity contribution in [2.24, 2.45) is 0 Å². The molecular weight excluding hydrogens is 260 g/mol. The largest absolute Gasteiger partial charge is 0.376 e. The molecule has 0 aliphatic carbocycles. The van der Waals surface area contributed by atoms with E-state index in [0.717, 1.165) is 17.5 Å². The lowest BCUT2D eigenvalue weighted by Crippen LogP contribution is -2.15. The van der Waals surface area contributed by atoms with Gasteiger partial charge in [0.25, 0.3) is 0 Å². The molecule has 21 heavy (non-hydrogen) atoms. The van der Waals surface area contributed by atoms with Crippen molar-refractivity contribution in [2.45, 2.75) is 19.4 Å². The molecule has 4 rings (SSSR count). The van der Waals surface area contributed by atoms with Crippen LogP contribution >= 0.6 is 0 Å². The summed E-state index contributed by atoms with van der Waals surface area (Å²) in [5.74, 6) is 0.406. The number of benzene rings is 1. The van der Waals surface area contributed by atoms with Gasteiger partial charge in [-0.2, -0.15) is 0 Å². The number of hydrogen-bond donors (Lipinski definition) is 0. The minimum atomic E-state index is 0.406. The van der Waals surface area contributed by atoms with Crippen LogP contribution in [0.25, 0.3) is 22.0 Å². The maximum atomic E-state index is 5.72. The van der Waals surface area contributed by atoms with Gasteiger partial charge in [-0.3, -0.25) is 9.97 Å². The number of hydrogen-bond acceptors (Lipinski definition) is 3. The third-order valence-corrected chi connectivity index (χ3v) is 4.15. The van der Waals surface area contributed by atoms with Gasteiger partial charge in [0.05, 0.1) is 18.7 Å². The van der Waals surface area contributed by atoms with Gasteiger partial charge in [-0.05, 0) is 34.9 Å². The van der Waals surface area contributed by atoms with Crippen LogP contribution in [-0.2, 0) is 11.3 Å². The first-order chi connectivity index (χ1) is 10.3. The zero-order valence-electron chi connectivity index (χ0n) is 11.9. The highest BCUT2D eigenvalue weighted by molar-refractivity contribution is 5.85. The first-order valence-corrected chi connectivity index (χ1v) is 7.22. The van der Waals surface area contributed by atoms with E-state index in [4.69, 9.17) is 4.74 Å². The van der Waals surface area contributed by atoms with Crippen molar-refractivity contribution in [3.8, 4) is 11.1 Å². The molecule has 1 aliphatic rings. The Kier molecular flexibility index (Phi) is 2.93. The fourth-order valence-electron chi connectivity index (χ4n) is 3.01. The van der Waals surface area contributed by atoms with Crippen LogP contribution in [0.15, 0.2) is 48.9 Å². The Bertz CT molecular complexity index is 813. The average molecular weight is 276 g/mol. The van der Waals surface area contributed by atoms with Crippen LogP contribution in [0.5, 0.6) is 0 Å². The molecule has 1 aliphatic heterocycles. The third-order valence-electron chi connectivity index (χ3n) is 4.15. The van der Waals surface area contributed by atoms with Crippen molar-refractivity contribution in [3.05, 3.63) is 60.0 Å². The fourth-order valence-corrected chi connectivity index (χ4v) is 3.01. The maximum absolute atomic E-state index is 5.72. The Morgan fingerprint density at radius 2 is 2.14 bits per heavy atom. The number of fused-ring (bicyclic) bond motifs is 2.